The highest BCUT2D eigenvalue weighted by Crippen LogP contribution is 2.33. The lowest BCUT2D eigenvalue weighted by atomic mass is 9.89. The van der Waals surface area contributed by atoms with Crippen LogP contribution in [-0.2, 0) is 6.42 Å². The molecular weight excluding hydrogens is 272 g/mol. The highest BCUT2D eigenvalue weighted by atomic mass is 35.5. The molecule has 0 aliphatic carbocycles. The van der Waals surface area contributed by atoms with Crippen LogP contribution in [0.1, 0.15) is 22.7 Å². The normalized spacial score (nSPS) is 18.4. The summed E-state index contributed by atoms with van der Waals surface area (Å²) < 4.78 is 0. The van der Waals surface area contributed by atoms with Crippen molar-refractivity contribution in [1.29, 1.82) is 0 Å². The highest BCUT2D eigenvalue weighted by Gasteiger charge is 2.29. The number of hydrazine groups is 1. The second-order valence-electron chi connectivity index (χ2n) is 4.84. The summed E-state index contributed by atoms with van der Waals surface area (Å²) >= 11 is 5.50. The molecule has 0 spiro atoms. The van der Waals surface area contributed by atoms with Gasteiger partial charge in [0, 0.05) is 6.54 Å². The van der Waals surface area contributed by atoms with Crippen molar-refractivity contribution in [3.63, 3.8) is 0 Å². The number of fused-ring (bicyclic) bond motifs is 1. The first-order chi connectivity index (χ1) is 9.75. The lowest BCUT2D eigenvalue weighted by molar-refractivity contribution is 0.152. The molecule has 1 aliphatic heterocycles. The average molecular weight is 287 g/mol. The van der Waals surface area contributed by atoms with Gasteiger partial charge in [-0.05, 0) is 34.7 Å². The van der Waals surface area contributed by atoms with Gasteiger partial charge in [0.2, 0.25) is 0 Å². The number of hydrogen-bond acceptors (Lipinski definition) is 2. The minimum atomic E-state index is -0.551. The van der Waals surface area contributed by atoms with Gasteiger partial charge in [-0.3, -0.25) is 10.2 Å². The van der Waals surface area contributed by atoms with E-state index in [1.807, 2.05) is 29.3 Å². The van der Waals surface area contributed by atoms with Crippen molar-refractivity contribution >= 4 is 17.0 Å². The summed E-state index contributed by atoms with van der Waals surface area (Å²) in [6.45, 7) is 0.745. The Morgan fingerprint density at radius 1 is 1.10 bits per heavy atom. The molecule has 1 amide bonds. The van der Waals surface area contributed by atoms with Gasteiger partial charge in [-0.25, -0.2) is 5.01 Å². The molecule has 1 heterocycles. The van der Waals surface area contributed by atoms with Crippen LogP contribution in [0.15, 0.2) is 54.6 Å². The van der Waals surface area contributed by atoms with Gasteiger partial charge in [-0.2, -0.15) is 0 Å². The molecule has 0 unspecified atom stereocenters. The van der Waals surface area contributed by atoms with E-state index in [1.165, 1.54) is 11.1 Å². The number of hydrogen-bond donors (Lipinski definition) is 1. The topological polar surface area (TPSA) is 32.3 Å². The third kappa shape index (κ3) is 2.55. The van der Waals surface area contributed by atoms with Crippen LogP contribution in [0.2, 0.25) is 0 Å². The van der Waals surface area contributed by atoms with E-state index >= 15 is 0 Å². The fraction of sp³-hybridized carbons (Fsp3) is 0.188. The third-order valence-corrected chi connectivity index (χ3v) is 3.71. The first-order valence-electron chi connectivity index (χ1n) is 6.61. The van der Waals surface area contributed by atoms with Crippen LogP contribution < -0.4 is 5.43 Å². The second-order valence-corrected chi connectivity index (χ2v) is 5.18. The monoisotopic (exact) mass is 286 g/mol. The summed E-state index contributed by atoms with van der Waals surface area (Å²) in [5, 5.41) is 1.36. The molecule has 0 aromatic heterocycles. The molecule has 2 aromatic rings. The fourth-order valence-corrected chi connectivity index (χ4v) is 2.90. The van der Waals surface area contributed by atoms with Gasteiger partial charge >= 0.3 is 5.37 Å². The van der Waals surface area contributed by atoms with Crippen LogP contribution in [0.4, 0.5) is 4.79 Å². The molecule has 0 saturated heterocycles. The number of carbonyl (C=O) groups excluding carboxylic acids is 1. The Morgan fingerprint density at radius 2 is 1.80 bits per heavy atom. The minimum Gasteiger partial charge on any atom is -0.274 e. The number of benzene rings is 2. The van der Waals surface area contributed by atoms with E-state index in [4.69, 9.17) is 11.6 Å². The van der Waals surface area contributed by atoms with E-state index in [0.717, 1.165) is 18.5 Å². The minimum absolute atomic E-state index is 0.00356. The Balaban J connectivity index is 2.05. The maximum atomic E-state index is 11.2. The molecule has 20 heavy (non-hydrogen) atoms. The molecule has 4 heteroatoms. The average Bonchev–Trinajstić information content (AvgIpc) is 2.47. The zero-order valence-electron chi connectivity index (χ0n) is 10.9. The van der Waals surface area contributed by atoms with E-state index in [2.05, 4.69) is 35.8 Å². The number of nitrogens with one attached hydrogen (secondary N) is 1. The molecule has 0 bridgehead atoms. The lowest BCUT2D eigenvalue weighted by Crippen LogP contribution is -2.46. The molecule has 0 radical (unpaired) electrons. The molecule has 0 saturated carbocycles. The van der Waals surface area contributed by atoms with Crippen LogP contribution in [0.3, 0.4) is 0 Å². The predicted molar refractivity (Wildman–Crippen MR) is 79.5 cm³/mol. The quantitative estimate of drug-likeness (QED) is 0.677. The van der Waals surface area contributed by atoms with Crippen molar-refractivity contribution in [2.75, 3.05) is 6.54 Å². The standard InChI is InChI=1S/C16H15ClN2O/c17-16(20)18-19-11-10-12-6-4-5-9-14(12)15(19)13-7-2-1-3-8-13/h1-9,15H,10-11H2,(H,18,20)/t15-/m0/s1. The first kappa shape index (κ1) is 13.2. The summed E-state index contributed by atoms with van der Waals surface area (Å²) in [5.41, 5.74) is 6.41. The Kier molecular flexibility index (Phi) is 3.72. The second kappa shape index (κ2) is 5.65. The summed E-state index contributed by atoms with van der Waals surface area (Å²) in [5.74, 6) is 0. The van der Waals surface area contributed by atoms with Crippen molar-refractivity contribution < 1.29 is 4.79 Å². The molecule has 1 N–H and O–H groups in total. The van der Waals surface area contributed by atoms with Gasteiger partial charge in [0.15, 0.2) is 0 Å². The third-order valence-electron chi connectivity index (χ3n) is 3.63. The summed E-state index contributed by atoms with van der Waals surface area (Å²) in [6.07, 6.45) is 0.899. The Morgan fingerprint density at radius 3 is 2.55 bits per heavy atom. The molecule has 102 valence electrons. The van der Waals surface area contributed by atoms with Crippen molar-refractivity contribution in [1.82, 2.24) is 10.4 Å². The fourth-order valence-electron chi connectivity index (χ4n) is 2.79. The SMILES string of the molecule is O=C(Cl)NN1CCc2ccccc2[C@@H]1c1ccccc1. The Hall–Kier alpha value is -1.84. The molecule has 1 aliphatic rings. The van der Waals surface area contributed by atoms with Crippen LogP contribution >= 0.6 is 11.6 Å². The van der Waals surface area contributed by atoms with Gasteiger partial charge in [-0.15, -0.1) is 0 Å². The van der Waals surface area contributed by atoms with Crippen LogP contribution in [-0.4, -0.2) is 16.9 Å². The summed E-state index contributed by atoms with van der Waals surface area (Å²) in [4.78, 5) is 11.2. The van der Waals surface area contributed by atoms with Crippen molar-refractivity contribution in [2.45, 2.75) is 12.5 Å². The van der Waals surface area contributed by atoms with E-state index in [-0.39, 0.29) is 6.04 Å². The number of nitrogens with zero attached hydrogens (tertiary/aromatic N) is 1. The van der Waals surface area contributed by atoms with Gasteiger partial charge in [-0.1, -0.05) is 54.6 Å². The van der Waals surface area contributed by atoms with Gasteiger partial charge < -0.3 is 0 Å². The zero-order valence-corrected chi connectivity index (χ0v) is 11.7. The van der Waals surface area contributed by atoms with Gasteiger partial charge in [0.1, 0.15) is 0 Å². The molecule has 3 rings (SSSR count). The van der Waals surface area contributed by atoms with Crippen molar-refractivity contribution in [3.8, 4) is 0 Å². The van der Waals surface area contributed by atoms with E-state index in [0.29, 0.717) is 0 Å². The number of halogens is 1. The Bertz CT molecular complexity index is 615. The zero-order chi connectivity index (χ0) is 13.9. The molecular formula is C16H15ClN2O. The van der Waals surface area contributed by atoms with Crippen molar-refractivity contribution in [3.05, 3.63) is 71.3 Å². The number of rotatable bonds is 2. The predicted octanol–water partition coefficient (Wildman–Crippen LogP) is 3.50. The smallest absolute Gasteiger partial charge is 0.274 e. The highest BCUT2D eigenvalue weighted by molar-refractivity contribution is 6.62. The van der Waals surface area contributed by atoms with E-state index < -0.39 is 5.37 Å². The van der Waals surface area contributed by atoms with Crippen LogP contribution in [0.25, 0.3) is 0 Å². The molecule has 2 aromatic carbocycles. The molecule has 3 nitrogen and oxygen atoms in total. The largest absolute Gasteiger partial charge is 0.328 e. The van der Waals surface area contributed by atoms with E-state index in [1.54, 1.807) is 0 Å². The maximum Gasteiger partial charge on any atom is 0.328 e. The van der Waals surface area contributed by atoms with Gasteiger partial charge in [0.05, 0.1) is 6.04 Å². The lowest BCUT2D eigenvalue weighted by Gasteiger charge is -2.37. The van der Waals surface area contributed by atoms with Crippen LogP contribution in [0, 0.1) is 0 Å². The summed E-state index contributed by atoms with van der Waals surface area (Å²) in [7, 11) is 0. The first-order valence-corrected chi connectivity index (χ1v) is 6.99. The van der Waals surface area contributed by atoms with Gasteiger partial charge in [0.25, 0.3) is 0 Å². The number of amides is 1. The number of carbonyl (C=O) groups is 1. The van der Waals surface area contributed by atoms with Crippen molar-refractivity contribution in [2.24, 2.45) is 0 Å². The summed E-state index contributed by atoms with van der Waals surface area (Å²) in [6, 6.07) is 18.5. The van der Waals surface area contributed by atoms with E-state index in [9.17, 15) is 4.79 Å². The Labute approximate surface area is 123 Å². The van der Waals surface area contributed by atoms with Crippen LogP contribution in [0.5, 0.6) is 0 Å². The molecule has 0 fully saturated rings. The molecule has 1 atom stereocenters. The maximum absolute atomic E-state index is 11.2.